The van der Waals surface area contributed by atoms with Gasteiger partial charge in [0.1, 0.15) is 5.82 Å². The number of hydrogen-bond acceptors (Lipinski definition) is 3. The molecule has 1 aliphatic heterocycles. The number of rotatable bonds is 4. The summed E-state index contributed by atoms with van der Waals surface area (Å²) in [7, 11) is -3.58. The lowest BCUT2D eigenvalue weighted by Crippen LogP contribution is -2.23. The highest BCUT2D eigenvalue weighted by Gasteiger charge is 2.24. The summed E-state index contributed by atoms with van der Waals surface area (Å²) >= 11 is 0. The molecule has 1 aliphatic rings. The highest BCUT2D eigenvalue weighted by atomic mass is 32.2. The van der Waals surface area contributed by atoms with Crippen molar-refractivity contribution in [1.29, 1.82) is 0 Å². The molecule has 0 aliphatic carbocycles. The summed E-state index contributed by atoms with van der Waals surface area (Å²) in [5.41, 5.74) is 1.92. The second-order valence-electron chi connectivity index (χ2n) is 5.28. The molecule has 2 N–H and O–H groups in total. The van der Waals surface area contributed by atoms with E-state index in [1.165, 1.54) is 30.3 Å². The van der Waals surface area contributed by atoms with Crippen LogP contribution in [0, 0.1) is 5.82 Å². The van der Waals surface area contributed by atoms with Crippen LogP contribution in [-0.2, 0) is 14.8 Å². The number of hydrogen-bond donors (Lipinski definition) is 2. The van der Waals surface area contributed by atoms with Crippen molar-refractivity contribution in [3.05, 3.63) is 59.4 Å². The lowest BCUT2D eigenvalue weighted by Gasteiger charge is -2.05. The number of halogens is 1. The Morgan fingerprint density at radius 1 is 1.21 bits per heavy atom. The van der Waals surface area contributed by atoms with Crippen LogP contribution in [0.2, 0.25) is 0 Å². The van der Waals surface area contributed by atoms with Crippen molar-refractivity contribution >= 4 is 33.3 Å². The van der Waals surface area contributed by atoms with Gasteiger partial charge in [0.25, 0.3) is 5.91 Å². The van der Waals surface area contributed by atoms with Crippen LogP contribution >= 0.6 is 0 Å². The molecule has 0 saturated heterocycles. The number of carbonyl (C=O) groups excluding carboxylic acids is 1. The number of fused-ring (bicyclic) bond motifs is 1. The number of sulfonamides is 1. The third-order valence-electron chi connectivity index (χ3n) is 3.58. The van der Waals surface area contributed by atoms with Crippen molar-refractivity contribution < 1.29 is 17.6 Å². The second kappa shape index (κ2) is 6.18. The first-order valence-corrected chi connectivity index (χ1v) is 8.82. The summed E-state index contributed by atoms with van der Waals surface area (Å²) in [6, 6.07) is 10.3. The van der Waals surface area contributed by atoms with Gasteiger partial charge in [-0.2, -0.15) is 0 Å². The van der Waals surface area contributed by atoms with E-state index >= 15 is 0 Å². The molecule has 2 aromatic rings. The molecule has 0 spiro atoms. The minimum atomic E-state index is -3.58. The molecule has 2 aromatic carbocycles. The predicted molar refractivity (Wildman–Crippen MR) is 90.2 cm³/mol. The first-order chi connectivity index (χ1) is 11.4. The molecule has 7 heteroatoms. The molecular formula is C17H15FN2O3S. The molecule has 0 saturated carbocycles. The van der Waals surface area contributed by atoms with E-state index in [4.69, 9.17) is 0 Å². The van der Waals surface area contributed by atoms with Crippen molar-refractivity contribution in [2.45, 2.75) is 11.8 Å². The number of anilines is 1. The van der Waals surface area contributed by atoms with Gasteiger partial charge in [-0.15, -0.1) is 0 Å². The Balaban J connectivity index is 2.03. The standard InChI is InChI=1S/C17H15FN2O3S/c1-2-19-24(22,23)13-5-3-4-11(8-13)9-15-14-7-6-12(18)10-16(14)20-17(15)21/h3-10,19H,2H2,1H3,(H,20,21). The molecule has 1 heterocycles. The fraction of sp³-hybridized carbons (Fsp3) is 0.118. The van der Waals surface area contributed by atoms with E-state index in [9.17, 15) is 17.6 Å². The molecule has 24 heavy (non-hydrogen) atoms. The lowest BCUT2D eigenvalue weighted by atomic mass is 10.0. The van der Waals surface area contributed by atoms with Gasteiger partial charge in [-0.25, -0.2) is 17.5 Å². The highest BCUT2D eigenvalue weighted by Crippen LogP contribution is 2.33. The normalized spacial score (nSPS) is 15.4. The number of amides is 1. The van der Waals surface area contributed by atoms with Gasteiger partial charge in [-0.05, 0) is 42.0 Å². The maximum Gasteiger partial charge on any atom is 0.256 e. The number of nitrogens with one attached hydrogen (secondary N) is 2. The van der Waals surface area contributed by atoms with Crippen LogP contribution in [0.3, 0.4) is 0 Å². The Bertz CT molecular complexity index is 952. The Hall–Kier alpha value is -2.51. The Labute approximate surface area is 139 Å². The van der Waals surface area contributed by atoms with Gasteiger partial charge in [0.05, 0.1) is 10.6 Å². The van der Waals surface area contributed by atoms with Crippen molar-refractivity contribution in [3.63, 3.8) is 0 Å². The highest BCUT2D eigenvalue weighted by molar-refractivity contribution is 7.89. The Morgan fingerprint density at radius 2 is 2.00 bits per heavy atom. The quantitative estimate of drug-likeness (QED) is 0.836. The van der Waals surface area contributed by atoms with Crippen molar-refractivity contribution in [3.8, 4) is 0 Å². The van der Waals surface area contributed by atoms with Gasteiger partial charge in [0.15, 0.2) is 0 Å². The fourth-order valence-corrected chi connectivity index (χ4v) is 3.62. The molecule has 1 amide bonds. The maximum atomic E-state index is 13.3. The molecule has 0 atom stereocenters. The predicted octanol–water partition coefficient (Wildman–Crippen LogP) is 2.62. The van der Waals surface area contributed by atoms with E-state index in [1.807, 2.05) is 0 Å². The van der Waals surface area contributed by atoms with E-state index in [1.54, 1.807) is 25.1 Å². The third kappa shape index (κ3) is 3.08. The van der Waals surface area contributed by atoms with Crippen LogP contribution in [0.1, 0.15) is 18.1 Å². The van der Waals surface area contributed by atoms with Crippen molar-refractivity contribution in [1.82, 2.24) is 4.72 Å². The average molecular weight is 346 g/mol. The zero-order chi connectivity index (χ0) is 17.3. The van der Waals surface area contributed by atoms with E-state index in [2.05, 4.69) is 10.0 Å². The van der Waals surface area contributed by atoms with Gasteiger partial charge >= 0.3 is 0 Å². The number of carbonyl (C=O) groups is 1. The van der Waals surface area contributed by atoms with Gasteiger partial charge < -0.3 is 5.32 Å². The van der Waals surface area contributed by atoms with Crippen LogP contribution in [0.5, 0.6) is 0 Å². The van der Waals surface area contributed by atoms with Crippen LogP contribution in [-0.4, -0.2) is 20.9 Å². The molecule has 124 valence electrons. The zero-order valence-electron chi connectivity index (χ0n) is 12.8. The van der Waals surface area contributed by atoms with Crippen LogP contribution < -0.4 is 10.0 Å². The lowest BCUT2D eigenvalue weighted by molar-refractivity contribution is -0.110. The van der Waals surface area contributed by atoms with Gasteiger partial charge in [0.2, 0.25) is 10.0 Å². The zero-order valence-corrected chi connectivity index (χ0v) is 13.7. The minimum absolute atomic E-state index is 0.122. The maximum absolute atomic E-state index is 13.3. The molecule has 0 bridgehead atoms. The second-order valence-corrected chi connectivity index (χ2v) is 7.04. The molecule has 0 radical (unpaired) electrons. The summed E-state index contributed by atoms with van der Waals surface area (Å²) in [6.07, 6.45) is 1.59. The minimum Gasteiger partial charge on any atom is -0.321 e. The SMILES string of the molecule is CCNS(=O)(=O)c1cccc(C=C2C(=O)Nc3cc(F)ccc32)c1. The van der Waals surface area contributed by atoms with Crippen LogP contribution in [0.25, 0.3) is 11.6 Å². The van der Waals surface area contributed by atoms with E-state index in [-0.39, 0.29) is 17.3 Å². The topological polar surface area (TPSA) is 75.3 Å². The molecular weight excluding hydrogens is 331 g/mol. The van der Waals surface area contributed by atoms with Crippen LogP contribution in [0.4, 0.5) is 10.1 Å². The summed E-state index contributed by atoms with van der Waals surface area (Å²) in [5.74, 6) is -0.787. The summed E-state index contributed by atoms with van der Waals surface area (Å²) < 4.78 is 39.8. The Kier molecular flexibility index (Phi) is 4.21. The summed E-state index contributed by atoms with van der Waals surface area (Å²) in [4.78, 5) is 12.2. The monoisotopic (exact) mass is 346 g/mol. The Morgan fingerprint density at radius 3 is 2.75 bits per heavy atom. The van der Waals surface area contributed by atoms with E-state index in [0.29, 0.717) is 22.4 Å². The molecule has 3 rings (SSSR count). The number of benzene rings is 2. The van der Waals surface area contributed by atoms with Crippen molar-refractivity contribution in [2.24, 2.45) is 0 Å². The smallest absolute Gasteiger partial charge is 0.256 e. The van der Waals surface area contributed by atoms with Gasteiger partial charge in [0, 0.05) is 17.7 Å². The van der Waals surface area contributed by atoms with Crippen LogP contribution in [0.15, 0.2) is 47.4 Å². The molecule has 0 fully saturated rings. The van der Waals surface area contributed by atoms with E-state index in [0.717, 1.165) is 0 Å². The fourth-order valence-electron chi connectivity index (χ4n) is 2.52. The first kappa shape index (κ1) is 16.4. The first-order valence-electron chi connectivity index (χ1n) is 7.33. The van der Waals surface area contributed by atoms with Gasteiger partial charge in [-0.1, -0.05) is 19.1 Å². The summed E-state index contributed by atoms with van der Waals surface area (Å²) in [5, 5.41) is 2.60. The molecule has 5 nitrogen and oxygen atoms in total. The van der Waals surface area contributed by atoms with Crippen molar-refractivity contribution in [2.75, 3.05) is 11.9 Å². The van der Waals surface area contributed by atoms with E-state index < -0.39 is 15.8 Å². The summed E-state index contributed by atoms with van der Waals surface area (Å²) in [6.45, 7) is 1.98. The average Bonchev–Trinajstić information content (AvgIpc) is 2.82. The molecule has 0 unspecified atom stereocenters. The molecule has 0 aromatic heterocycles. The third-order valence-corrected chi connectivity index (χ3v) is 5.12. The van der Waals surface area contributed by atoms with Gasteiger partial charge in [-0.3, -0.25) is 4.79 Å². The largest absolute Gasteiger partial charge is 0.321 e.